The number of hydrogen-bond acceptors (Lipinski definition) is 6. The van der Waals surface area contributed by atoms with Crippen molar-refractivity contribution in [2.24, 2.45) is 5.41 Å². The fourth-order valence-corrected chi connectivity index (χ4v) is 4.97. The normalized spacial score (nSPS) is 19.1. The highest BCUT2D eigenvalue weighted by molar-refractivity contribution is 6.02. The van der Waals surface area contributed by atoms with Crippen LogP contribution in [0.25, 0.3) is 0 Å². The minimum atomic E-state index is -0.402. The summed E-state index contributed by atoms with van der Waals surface area (Å²) in [5, 5.41) is 10.3. The number of benzene rings is 2. The van der Waals surface area contributed by atoms with E-state index in [1.54, 1.807) is 13.0 Å². The number of aromatic nitrogens is 1. The maximum atomic E-state index is 13.6. The van der Waals surface area contributed by atoms with Crippen molar-refractivity contribution in [2.75, 3.05) is 22.1 Å². The number of amides is 1. The van der Waals surface area contributed by atoms with Crippen molar-refractivity contribution in [3.05, 3.63) is 83.3 Å². The van der Waals surface area contributed by atoms with Crippen LogP contribution in [0.2, 0.25) is 0 Å². The number of nitrogens with one attached hydrogen (secondary N) is 2. The topological polar surface area (TPSA) is 87.5 Å². The Morgan fingerprint density at radius 2 is 1.88 bits per heavy atom. The standard InChI is InChI=1S/C27H28N4O3/c1-17-13-23(30-34-17)29-24(33)16-31-21-12-8-7-11-19(21)28-20-14-27(2,3)15-22(32)25(20)26(31)18-9-5-4-6-10-18/h4-13,26,28H,14-16H2,1-3H3,(H,29,30,33)/t26-/m0/s1. The van der Waals surface area contributed by atoms with Crippen LogP contribution >= 0.6 is 0 Å². The minimum absolute atomic E-state index is 0.0393. The molecule has 0 bridgehead atoms. The van der Waals surface area contributed by atoms with E-state index in [-0.39, 0.29) is 23.7 Å². The summed E-state index contributed by atoms with van der Waals surface area (Å²) < 4.78 is 5.09. The average molecular weight is 457 g/mol. The summed E-state index contributed by atoms with van der Waals surface area (Å²) in [6.45, 7) is 6.05. The Labute approximate surface area is 198 Å². The summed E-state index contributed by atoms with van der Waals surface area (Å²) in [6, 6.07) is 19.1. The molecule has 2 aromatic carbocycles. The first-order valence-electron chi connectivity index (χ1n) is 11.5. The number of allylic oxidation sites excluding steroid dienone is 1. The zero-order chi connectivity index (χ0) is 23.9. The van der Waals surface area contributed by atoms with Gasteiger partial charge in [-0.1, -0.05) is 61.5 Å². The van der Waals surface area contributed by atoms with Crippen LogP contribution < -0.4 is 15.5 Å². The quantitative estimate of drug-likeness (QED) is 0.558. The first-order chi connectivity index (χ1) is 16.3. The van der Waals surface area contributed by atoms with Crippen LogP contribution in [-0.2, 0) is 9.59 Å². The van der Waals surface area contributed by atoms with E-state index in [1.807, 2.05) is 59.5 Å². The number of ketones is 1. The zero-order valence-corrected chi connectivity index (χ0v) is 19.6. The molecule has 5 rings (SSSR count). The molecule has 1 amide bonds. The number of anilines is 3. The molecule has 2 aliphatic rings. The van der Waals surface area contributed by atoms with E-state index < -0.39 is 6.04 Å². The summed E-state index contributed by atoms with van der Waals surface area (Å²) in [4.78, 5) is 28.8. The molecule has 7 nitrogen and oxygen atoms in total. The molecule has 174 valence electrons. The van der Waals surface area contributed by atoms with E-state index in [1.165, 1.54) is 0 Å². The number of fused-ring (bicyclic) bond motifs is 1. The third-order valence-corrected chi connectivity index (χ3v) is 6.33. The highest BCUT2D eigenvalue weighted by Crippen LogP contribution is 2.48. The second-order valence-corrected chi connectivity index (χ2v) is 9.79. The van der Waals surface area contributed by atoms with Crippen LogP contribution in [0.4, 0.5) is 17.2 Å². The number of aryl methyl sites for hydroxylation is 1. The Hall–Kier alpha value is -3.87. The van der Waals surface area contributed by atoms with Gasteiger partial charge in [0.05, 0.1) is 24.0 Å². The Morgan fingerprint density at radius 1 is 1.15 bits per heavy atom. The molecule has 3 aromatic rings. The molecule has 0 saturated carbocycles. The van der Waals surface area contributed by atoms with Crippen LogP contribution in [-0.4, -0.2) is 23.4 Å². The van der Waals surface area contributed by atoms with Gasteiger partial charge in [-0.05, 0) is 36.5 Å². The summed E-state index contributed by atoms with van der Waals surface area (Å²) in [5.41, 5.74) is 4.22. The van der Waals surface area contributed by atoms with E-state index in [0.29, 0.717) is 18.0 Å². The van der Waals surface area contributed by atoms with Crippen molar-refractivity contribution in [2.45, 2.75) is 39.7 Å². The number of rotatable bonds is 4. The molecule has 0 fully saturated rings. The summed E-state index contributed by atoms with van der Waals surface area (Å²) in [5.74, 6) is 0.858. The lowest BCUT2D eigenvalue weighted by atomic mass is 9.73. The van der Waals surface area contributed by atoms with Crippen LogP contribution in [0.5, 0.6) is 0 Å². The Kier molecular flexibility index (Phi) is 5.48. The number of carbonyl (C=O) groups is 2. The van der Waals surface area contributed by atoms with E-state index in [4.69, 9.17) is 4.52 Å². The molecule has 0 saturated heterocycles. The van der Waals surface area contributed by atoms with Gasteiger partial charge in [0.15, 0.2) is 11.6 Å². The highest BCUT2D eigenvalue weighted by Gasteiger charge is 2.41. The van der Waals surface area contributed by atoms with Crippen molar-refractivity contribution in [1.29, 1.82) is 0 Å². The number of carbonyl (C=O) groups excluding carboxylic acids is 2. The first-order valence-corrected chi connectivity index (χ1v) is 11.5. The average Bonchev–Trinajstić information content (AvgIpc) is 3.13. The van der Waals surface area contributed by atoms with Gasteiger partial charge in [-0.2, -0.15) is 0 Å². The molecule has 1 atom stereocenters. The molecule has 34 heavy (non-hydrogen) atoms. The smallest absolute Gasteiger partial charge is 0.245 e. The van der Waals surface area contributed by atoms with Gasteiger partial charge >= 0.3 is 0 Å². The molecule has 0 spiro atoms. The molecule has 2 heterocycles. The predicted octanol–water partition coefficient (Wildman–Crippen LogP) is 5.24. The molecule has 0 radical (unpaired) electrons. The van der Waals surface area contributed by atoms with Crippen molar-refractivity contribution < 1.29 is 14.1 Å². The van der Waals surface area contributed by atoms with Crippen LogP contribution in [0.3, 0.4) is 0 Å². The molecule has 7 heteroatoms. The maximum Gasteiger partial charge on any atom is 0.245 e. The second-order valence-electron chi connectivity index (χ2n) is 9.79. The van der Waals surface area contributed by atoms with Gasteiger partial charge in [0.1, 0.15) is 5.76 Å². The molecule has 0 unspecified atom stereocenters. The van der Waals surface area contributed by atoms with Crippen molar-refractivity contribution in [1.82, 2.24) is 5.16 Å². The summed E-state index contributed by atoms with van der Waals surface area (Å²) in [7, 11) is 0. The molecule has 2 N–H and O–H groups in total. The Bertz CT molecular complexity index is 1280. The predicted molar refractivity (Wildman–Crippen MR) is 132 cm³/mol. The van der Waals surface area contributed by atoms with E-state index in [0.717, 1.165) is 34.6 Å². The molecular formula is C27H28N4O3. The molecule has 1 aromatic heterocycles. The largest absolute Gasteiger partial charge is 0.360 e. The fraction of sp³-hybridized carbons (Fsp3) is 0.296. The van der Waals surface area contributed by atoms with Gasteiger partial charge in [-0.3, -0.25) is 9.59 Å². The summed E-state index contributed by atoms with van der Waals surface area (Å²) >= 11 is 0. The third kappa shape index (κ3) is 4.21. The monoisotopic (exact) mass is 456 g/mol. The zero-order valence-electron chi connectivity index (χ0n) is 19.6. The lowest BCUT2D eigenvalue weighted by Gasteiger charge is -2.37. The van der Waals surface area contributed by atoms with E-state index >= 15 is 0 Å². The van der Waals surface area contributed by atoms with Gasteiger partial charge in [0.25, 0.3) is 0 Å². The van der Waals surface area contributed by atoms with Crippen LogP contribution in [0, 0.1) is 12.3 Å². The Balaban J connectivity index is 1.63. The van der Waals surface area contributed by atoms with Gasteiger partial charge in [-0.25, -0.2) is 0 Å². The number of nitrogens with zero attached hydrogens (tertiary/aromatic N) is 2. The lowest BCUT2D eigenvalue weighted by Crippen LogP contribution is -2.40. The molecule has 1 aliphatic carbocycles. The number of para-hydroxylation sites is 2. The van der Waals surface area contributed by atoms with Crippen molar-refractivity contribution in [3.8, 4) is 0 Å². The van der Waals surface area contributed by atoms with E-state index in [2.05, 4.69) is 29.6 Å². The van der Waals surface area contributed by atoms with Gasteiger partial charge in [0, 0.05) is 23.8 Å². The highest BCUT2D eigenvalue weighted by atomic mass is 16.5. The Morgan fingerprint density at radius 3 is 2.62 bits per heavy atom. The van der Waals surface area contributed by atoms with Crippen molar-refractivity contribution in [3.63, 3.8) is 0 Å². The fourth-order valence-electron chi connectivity index (χ4n) is 4.97. The molecular weight excluding hydrogens is 428 g/mol. The maximum absolute atomic E-state index is 13.6. The molecule has 1 aliphatic heterocycles. The third-order valence-electron chi connectivity index (χ3n) is 6.33. The van der Waals surface area contributed by atoms with Gasteiger partial charge < -0.3 is 20.1 Å². The summed E-state index contributed by atoms with van der Waals surface area (Å²) in [6.07, 6.45) is 1.22. The number of hydrogen-bond donors (Lipinski definition) is 2. The lowest BCUT2D eigenvalue weighted by molar-refractivity contribution is -0.119. The van der Waals surface area contributed by atoms with Crippen molar-refractivity contribution >= 4 is 28.9 Å². The first kappa shape index (κ1) is 21.9. The van der Waals surface area contributed by atoms with Gasteiger partial charge in [0.2, 0.25) is 5.91 Å². The van der Waals surface area contributed by atoms with E-state index in [9.17, 15) is 9.59 Å². The van der Waals surface area contributed by atoms with Gasteiger partial charge in [-0.15, -0.1) is 0 Å². The van der Waals surface area contributed by atoms with Crippen LogP contribution in [0.1, 0.15) is 44.1 Å². The SMILES string of the molecule is Cc1cc(NC(=O)CN2c3ccccc3NC3=C(C(=O)CC(C)(C)C3)[C@@H]2c2ccccc2)no1. The minimum Gasteiger partial charge on any atom is -0.360 e. The number of Topliss-reactive ketones (excluding diaryl/α,β-unsaturated/α-hetero) is 1. The second kappa shape index (κ2) is 8.48. The van der Waals surface area contributed by atoms with Crippen LogP contribution in [0.15, 0.2) is 76.5 Å².